The monoisotopic (exact) mass is 379 g/mol. The molecule has 1 aliphatic heterocycles. The van der Waals surface area contributed by atoms with Crippen LogP contribution >= 0.6 is 0 Å². The minimum Gasteiger partial charge on any atom is -0.326 e. The summed E-state index contributed by atoms with van der Waals surface area (Å²) in [4.78, 5) is 14.2. The number of nitrogens with one attached hydrogen (secondary N) is 2. The van der Waals surface area contributed by atoms with Crippen molar-refractivity contribution in [2.75, 3.05) is 18.4 Å². The maximum atomic E-state index is 11.6. The Morgan fingerprint density at radius 3 is 2.64 bits per heavy atom. The van der Waals surface area contributed by atoms with E-state index in [1.54, 1.807) is 6.92 Å². The van der Waals surface area contributed by atoms with Crippen LogP contribution in [0.3, 0.4) is 0 Å². The lowest BCUT2D eigenvalue weighted by Gasteiger charge is -2.38. The molecular weight excluding hydrogens is 346 g/mol. The standard InChI is InChI=1S/C24H33N3O/c1-18(2)14-22-15-21-10-7-11-24(26-19(3)28)23(21)17-27(22)13-12-25-16-20-8-5-4-6-9-20/h4-11,18,22,25H,12-17H2,1-3H3,(H,26,28). The van der Waals surface area contributed by atoms with Gasteiger partial charge in [0.05, 0.1) is 0 Å². The number of rotatable bonds is 8. The number of anilines is 1. The van der Waals surface area contributed by atoms with Crippen LogP contribution in [0, 0.1) is 5.92 Å². The van der Waals surface area contributed by atoms with Crippen LogP contribution in [0.4, 0.5) is 5.69 Å². The van der Waals surface area contributed by atoms with Crippen molar-refractivity contribution in [3.05, 3.63) is 65.2 Å². The fraction of sp³-hybridized carbons (Fsp3) is 0.458. The Morgan fingerprint density at radius 1 is 1.14 bits per heavy atom. The molecule has 2 N–H and O–H groups in total. The Bertz CT molecular complexity index is 773. The predicted octanol–water partition coefficient (Wildman–Crippen LogP) is 4.21. The van der Waals surface area contributed by atoms with Crippen LogP contribution in [0.25, 0.3) is 0 Å². The van der Waals surface area contributed by atoms with Gasteiger partial charge in [0.2, 0.25) is 5.91 Å². The van der Waals surface area contributed by atoms with Crippen LogP contribution in [0.1, 0.15) is 43.9 Å². The van der Waals surface area contributed by atoms with E-state index in [9.17, 15) is 4.79 Å². The van der Waals surface area contributed by atoms with Gasteiger partial charge in [-0.25, -0.2) is 0 Å². The zero-order chi connectivity index (χ0) is 19.9. The molecule has 0 spiro atoms. The summed E-state index contributed by atoms with van der Waals surface area (Å²) in [5, 5.41) is 6.60. The van der Waals surface area contributed by atoms with Gasteiger partial charge in [0.1, 0.15) is 0 Å². The Morgan fingerprint density at radius 2 is 1.93 bits per heavy atom. The number of benzene rings is 2. The molecule has 0 aliphatic carbocycles. The molecule has 4 heteroatoms. The quantitative estimate of drug-likeness (QED) is 0.676. The second-order valence-electron chi connectivity index (χ2n) is 8.24. The molecular formula is C24H33N3O. The second kappa shape index (κ2) is 9.85. The lowest BCUT2D eigenvalue weighted by atomic mass is 9.88. The van der Waals surface area contributed by atoms with Gasteiger partial charge in [-0.05, 0) is 41.5 Å². The maximum Gasteiger partial charge on any atom is 0.221 e. The van der Waals surface area contributed by atoms with E-state index in [1.807, 2.05) is 6.07 Å². The van der Waals surface area contributed by atoms with Crippen LogP contribution < -0.4 is 10.6 Å². The van der Waals surface area contributed by atoms with E-state index in [-0.39, 0.29) is 5.91 Å². The Balaban J connectivity index is 1.66. The number of carbonyl (C=O) groups is 1. The first-order valence-corrected chi connectivity index (χ1v) is 10.4. The van der Waals surface area contributed by atoms with E-state index in [1.165, 1.54) is 23.1 Å². The van der Waals surface area contributed by atoms with E-state index in [2.05, 4.69) is 71.8 Å². The van der Waals surface area contributed by atoms with Crippen LogP contribution in [0.5, 0.6) is 0 Å². The fourth-order valence-corrected chi connectivity index (χ4v) is 4.12. The summed E-state index contributed by atoms with van der Waals surface area (Å²) in [6, 6.07) is 17.4. The molecule has 2 aromatic carbocycles. The number of amides is 1. The van der Waals surface area contributed by atoms with Crippen molar-refractivity contribution >= 4 is 11.6 Å². The minimum atomic E-state index is -0.00576. The van der Waals surface area contributed by atoms with Crippen molar-refractivity contribution in [2.45, 2.75) is 52.7 Å². The SMILES string of the molecule is CC(=O)Nc1cccc2c1CN(CCNCc1ccccc1)C(CC(C)C)C2. The van der Waals surface area contributed by atoms with Crippen molar-refractivity contribution in [3.8, 4) is 0 Å². The third kappa shape index (κ3) is 5.66. The molecule has 1 unspecified atom stereocenters. The lowest BCUT2D eigenvalue weighted by molar-refractivity contribution is -0.114. The Hall–Kier alpha value is -2.17. The third-order valence-electron chi connectivity index (χ3n) is 5.41. The summed E-state index contributed by atoms with van der Waals surface area (Å²) in [5.41, 5.74) is 4.94. The van der Waals surface area contributed by atoms with Gasteiger partial charge in [0.15, 0.2) is 0 Å². The molecule has 3 rings (SSSR count). The first-order valence-electron chi connectivity index (χ1n) is 10.4. The molecule has 1 amide bonds. The normalized spacial score (nSPS) is 16.8. The number of nitrogens with zero attached hydrogens (tertiary/aromatic N) is 1. The van der Waals surface area contributed by atoms with Crippen LogP contribution in [-0.4, -0.2) is 29.9 Å². The van der Waals surface area contributed by atoms with Gasteiger partial charge in [-0.2, -0.15) is 0 Å². The van der Waals surface area contributed by atoms with Crippen molar-refractivity contribution < 1.29 is 4.79 Å². The Labute approximate surface area is 169 Å². The molecule has 0 bridgehead atoms. The van der Waals surface area contributed by atoms with E-state index >= 15 is 0 Å². The largest absolute Gasteiger partial charge is 0.326 e. The average Bonchev–Trinajstić information content (AvgIpc) is 2.66. The smallest absolute Gasteiger partial charge is 0.221 e. The van der Waals surface area contributed by atoms with E-state index < -0.39 is 0 Å². The molecule has 0 radical (unpaired) electrons. The molecule has 150 valence electrons. The molecule has 1 heterocycles. The van der Waals surface area contributed by atoms with Crippen molar-refractivity contribution in [3.63, 3.8) is 0 Å². The van der Waals surface area contributed by atoms with Crippen molar-refractivity contribution in [1.29, 1.82) is 0 Å². The fourth-order valence-electron chi connectivity index (χ4n) is 4.12. The number of hydrogen-bond acceptors (Lipinski definition) is 3. The van der Waals surface area contributed by atoms with Gasteiger partial charge in [0, 0.05) is 44.8 Å². The van der Waals surface area contributed by atoms with Gasteiger partial charge in [-0.15, -0.1) is 0 Å². The Kier molecular flexibility index (Phi) is 7.24. The number of carbonyl (C=O) groups excluding carboxylic acids is 1. The topological polar surface area (TPSA) is 44.4 Å². The van der Waals surface area contributed by atoms with Gasteiger partial charge < -0.3 is 10.6 Å². The summed E-state index contributed by atoms with van der Waals surface area (Å²) in [6.07, 6.45) is 2.25. The molecule has 2 aromatic rings. The minimum absolute atomic E-state index is 0.00576. The molecule has 28 heavy (non-hydrogen) atoms. The first-order chi connectivity index (χ1) is 13.5. The number of hydrogen-bond donors (Lipinski definition) is 2. The highest BCUT2D eigenvalue weighted by Gasteiger charge is 2.28. The highest BCUT2D eigenvalue weighted by atomic mass is 16.1. The summed E-state index contributed by atoms with van der Waals surface area (Å²) in [5.74, 6) is 0.665. The molecule has 0 saturated carbocycles. The molecule has 0 saturated heterocycles. The van der Waals surface area contributed by atoms with E-state index in [0.29, 0.717) is 12.0 Å². The molecule has 1 aliphatic rings. The molecule has 4 nitrogen and oxygen atoms in total. The highest BCUT2D eigenvalue weighted by molar-refractivity contribution is 5.89. The zero-order valence-corrected chi connectivity index (χ0v) is 17.4. The lowest BCUT2D eigenvalue weighted by Crippen LogP contribution is -2.44. The van der Waals surface area contributed by atoms with Gasteiger partial charge in [-0.1, -0.05) is 56.3 Å². The van der Waals surface area contributed by atoms with Gasteiger partial charge in [-0.3, -0.25) is 9.69 Å². The number of fused-ring (bicyclic) bond motifs is 1. The van der Waals surface area contributed by atoms with Gasteiger partial charge >= 0.3 is 0 Å². The van der Waals surface area contributed by atoms with Crippen LogP contribution in [0.2, 0.25) is 0 Å². The van der Waals surface area contributed by atoms with E-state index in [0.717, 1.165) is 38.3 Å². The summed E-state index contributed by atoms with van der Waals surface area (Å²) < 4.78 is 0. The second-order valence-corrected chi connectivity index (χ2v) is 8.24. The predicted molar refractivity (Wildman–Crippen MR) is 116 cm³/mol. The molecule has 1 atom stereocenters. The molecule has 0 aromatic heterocycles. The zero-order valence-electron chi connectivity index (χ0n) is 17.4. The van der Waals surface area contributed by atoms with Crippen LogP contribution in [-0.2, 0) is 24.3 Å². The summed E-state index contributed by atoms with van der Waals surface area (Å²) in [7, 11) is 0. The summed E-state index contributed by atoms with van der Waals surface area (Å²) in [6.45, 7) is 9.95. The first kappa shape index (κ1) is 20.6. The maximum absolute atomic E-state index is 11.6. The van der Waals surface area contributed by atoms with Gasteiger partial charge in [0.25, 0.3) is 0 Å². The van der Waals surface area contributed by atoms with E-state index in [4.69, 9.17) is 0 Å². The highest BCUT2D eigenvalue weighted by Crippen LogP contribution is 2.31. The molecule has 0 fully saturated rings. The van der Waals surface area contributed by atoms with Crippen molar-refractivity contribution in [1.82, 2.24) is 10.2 Å². The average molecular weight is 380 g/mol. The third-order valence-corrected chi connectivity index (χ3v) is 5.41. The van der Waals surface area contributed by atoms with Crippen molar-refractivity contribution in [2.24, 2.45) is 5.92 Å². The summed E-state index contributed by atoms with van der Waals surface area (Å²) >= 11 is 0. The van der Waals surface area contributed by atoms with Crippen LogP contribution in [0.15, 0.2) is 48.5 Å².